The molecule has 1 aromatic heterocycles. The summed E-state index contributed by atoms with van der Waals surface area (Å²) in [5, 5.41) is 0. The zero-order valence-electron chi connectivity index (χ0n) is 7.57. The van der Waals surface area contributed by atoms with Crippen molar-refractivity contribution < 1.29 is 9.53 Å². The second-order valence-electron chi connectivity index (χ2n) is 3.57. The standard InChI is InChI=1S/C9H13NO2/c1-9(2,3)12-8(11)10-6-4-5-7-10/h4-7H,1-3H3. The van der Waals surface area contributed by atoms with Crippen LogP contribution in [0.2, 0.25) is 0 Å². The molecule has 0 aliphatic rings. The van der Waals surface area contributed by atoms with Crippen LogP contribution in [0.15, 0.2) is 24.5 Å². The van der Waals surface area contributed by atoms with Crippen LogP contribution in [0.4, 0.5) is 4.79 Å². The minimum Gasteiger partial charge on any atom is -0.443 e. The Morgan fingerprint density at radius 3 is 2.17 bits per heavy atom. The van der Waals surface area contributed by atoms with Crippen LogP contribution in [-0.4, -0.2) is 16.3 Å². The van der Waals surface area contributed by atoms with Crippen LogP contribution in [-0.2, 0) is 4.74 Å². The predicted molar refractivity (Wildman–Crippen MR) is 46.1 cm³/mol. The van der Waals surface area contributed by atoms with E-state index in [9.17, 15) is 4.79 Å². The summed E-state index contributed by atoms with van der Waals surface area (Å²) in [7, 11) is 0. The minimum atomic E-state index is -0.429. The maximum absolute atomic E-state index is 11.3. The van der Waals surface area contributed by atoms with Gasteiger partial charge in [-0.1, -0.05) is 0 Å². The maximum atomic E-state index is 11.3. The van der Waals surface area contributed by atoms with Gasteiger partial charge in [0.1, 0.15) is 5.60 Å². The van der Waals surface area contributed by atoms with Crippen LogP contribution >= 0.6 is 0 Å². The van der Waals surface area contributed by atoms with Gasteiger partial charge in [0.25, 0.3) is 0 Å². The van der Waals surface area contributed by atoms with Gasteiger partial charge in [-0.3, -0.25) is 4.57 Å². The number of hydrogen-bond donors (Lipinski definition) is 0. The Labute approximate surface area is 72.0 Å². The molecule has 0 atom stereocenters. The van der Waals surface area contributed by atoms with Crippen LogP contribution in [0.25, 0.3) is 0 Å². The summed E-state index contributed by atoms with van der Waals surface area (Å²) in [6.45, 7) is 5.52. The summed E-state index contributed by atoms with van der Waals surface area (Å²) in [4.78, 5) is 11.3. The van der Waals surface area contributed by atoms with Crippen molar-refractivity contribution in [2.24, 2.45) is 0 Å². The third-order valence-corrected chi connectivity index (χ3v) is 1.21. The molecule has 0 unspecified atom stereocenters. The van der Waals surface area contributed by atoms with Gasteiger partial charge in [0.15, 0.2) is 0 Å². The molecule has 0 fully saturated rings. The molecule has 0 N–H and O–H groups in total. The lowest BCUT2D eigenvalue weighted by atomic mass is 10.2. The molecule has 1 aromatic rings. The van der Waals surface area contributed by atoms with Crippen molar-refractivity contribution in [3.05, 3.63) is 24.5 Å². The number of carbonyl (C=O) groups excluding carboxylic acids is 1. The molecule has 0 radical (unpaired) electrons. The molecule has 0 amide bonds. The summed E-state index contributed by atoms with van der Waals surface area (Å²) in [6, 6.07) is 3.56. The highest BCUT2D eigenvalue weighted by molar-refractivity contribution is 5.70. The van der Waals surface area contributed by atoms with E-state index in [-0.39, 0.29) is 6.09 Å². The molecule has 0 aliphatic heterocycles. The van der Waals surface area contributed by atoms with E-state index in [1.165, 1.54) is 4.57 Å². The quantitative estimate of drug-likeness (QED) is 0.593. The van der Waals surface area contributed by atoms with Crippen LogP contribution in [0, 0.1) is 0 Å². The monoisotopic (exact) mass is 167 g/mol. The van der Waals surface area contributed by atoms with Crippen molar-refractivity contribution in [3.63, 3.8) is 0 Å². The maximum Gasteiger partial charge on any atom is 0.418 e. The fourth-order valence-electron chi connectivity index (χ4n) is 0.771. The van der Waals surface area contributed by atoms with E-state index in [0.717, 1.165) is 0 Å². The number of ether oxygens (including phenoxy) is 1. The molecule has 12 heavy (non-hydrogen) atoms. The first-order valence-electron chi connectivity index (χ1n) is 3.85. The second kappa shape index (κ2) is 3.01. The van der Waals surface area contributed by atoms with E-state index in [0.29, 0.717) is 0 Å². The first kappa shape index (κ1) is 8.84. The van der Waals surface area contributed by atoms with E-state index in [1.54, 1.807) is 24.5 Å². The van der Waals surface area contributed by atoms with E-state index in [2.05, 4.69) is 0 Å². The van der Waals surface area contributed by atoms with Gasteiger partial charge in [-0.15, -0.1) is 0 Å². The highest BCUT2D eigenvalue weighted by Crippen LogP contribution is 2.08. The largest absolute Gasteiger partial charge is 0.443 e. The van der Waals surface area contributed by atoms with E-state index < -0.39 is 5.60 Å². The van der Waals surface area contributed by atoms with Crippen molar-refractivity contribution >= 4 is 6.09 Å². The van der Waals surface area contributed by atoms with E-state index in [4.69, 9.17) is 4.74 Å². The summed E-state index contributed by atoms with van der Waals surface area (Å²) in [5.41, 5.74) is -0.429. The lowest BCUT2D eigenvalue weighted by Gasteiger charge is -2.19. The number of rotatable bonds is 0. The number of carbonyl (C=O) groups is 1. The lowest BCUT2D eigenvalue weighted by Crippen LogP contribution is -2.26. The molecular weight excluding hydrogens is 154 g/mol. The molecule has 1 rings (SSSR count). The van der Waals surface area contributed by atoms with Crippen LogP contribution in [0.5, 0.6) is 0 Å². The van der Waals surface area contributed by atoms with Gasteiger partial charge in [-0.25, -0.2) is 4.79 Å². The Bertz CT molecular complexity index is 257. The Hall–Kier alpha value is -1.25. The lowest BCUT2D eigenvalue weighted by molar-refractivity contribution is 0.0537. The van der Waals surface area contributed by atoms with Crippen molar-refractivity contribution in [2.45, 2.75) is 26.4 Å². The molecule has 0 bridgehead atoms. The van der Waals surface area contributed by atoms with Gasteiger partial charge in [0, 0.05) is 12.4 Å². The zero-order valence-corrected chi connectivity index (χ0v) is 7.57. The third kappa shape index (κ3) is 2.42. The molecular formula is C9H13NO2. The summed E-state index contributed by atoms with van der Waals surface area (Å²) >= 11 is 0. The van der Waals surface area contributed by atoms with Crippen molar-refractivity contribution in [2.75, 3.05) is 0 Å². The molecule has 0 saturated carbocycles. The average molecular weight is 167 g/mol. The topological polar surface area (TPSA) is 31.2 Å². The van der Waals surface area contributed by atoms with Crippen LogP contribution in [0.3, 0.4) is 0 Å². The van der Waals surface area contributed by atoms with E-state index >= 15 is 0 Å². The Morgan fingerprint density at radius 2 is 1.75 bits per heavy atom. The fraction of sp³-hybridized carbons (Fsp3) is 0.444. The van der Waals surface area contributed by atoms with Gasteiger partial charge in [0.2, 0.25) is 0 Å². The van der Waals surface area contributed by atoms with Crippen LogP contribution in [0.1, 0.15) is 20.8 Å². The Kier molecular flexibility index (Phi) is 2.22. The van der Waals surface area contributed by atoms with Gasteiger partial charge in [-0.05, 0) is 32.9 Å². The molecule has 3 nitrogen and oxygen atoms in total. The Balaban J connectivity index is 2.63. The minimum absolute atomic E-state index is 0.340. The smallest absolute Gasteiger partial charge is 0.418 e. The number of nitrogens with zero attached hydrogens (tertiary/aromatic N) is 1. The molecule has 3 heteroatoms. The van der Waals surface area contributed by atoms with Crippen LogP contribution < -0.4 is 0 Å². The van der Waals surface area contributed by atoms with Crippen molar-refractivity contribution in [3.8, 4) is 0 Å². The zero-order chi connectivity index (χ0) is 9.19. The predicted octanol–water partition coefficient (Wildman–Crippen LogP) is 2.27. The first-order chi connectivity index (χ1) is 5.49. The SMILES string of the molecule is CC(C)(C)OC(=O)n1cccc1. The highest BCUT2D eigenvalue weighted by Gasteiger charge is 2.16. The molecule has 0 saturated heterocycles. The average Bonchev–Trinajstić information content (AvgIpc) is 2.32. The molecule has 0 aromatic carbocycles. The van der Waals surface area contributed by atoms with E-state index in [1.807, 2.05) is 20.8 Å². The third-order valence-electron chi connectivity index (χ3n) is 1.21. The Morgan fingerprint density at radius 1 is 1.25 bits per heavy atom. The second-order valence-corrected chi connectivity index (χ2v) is 3.57. The van der Waals surface area contributed by atoms with Gasteiger partial charge in [0.05, 0.1) is 0 Å². The fourth-order valence-corrected chi connectivity index (χ4v) is 0.771. The summed E-state index contributed by atoms with van der Waals surface area (Å²) < 4.78 is 6.51. The van der Waals surface area contributed by atoms with Gasteiger partial charge in [-0.2, -0.15) is 0 Å². The highest BCUT2D eigenvalue weighted by atomic mass is 16.6. The van der Waals surface area contributed by atoms with Crippen molar-refractivity contribution in [1.82, 2.24) is 4.57 Å². The summed E-state index contributed by atoms with van der Waals surface area (Å²) in [5.74, 6) is 0. The molecule has 0 spiro atoms. The number of hydrogen-bond acceptors (Lipinski definition) is 2. The van der Waals surface area contributed by atoms with Crippen molar-refractivity contribution in [1.29, 1.82) is 0 Å². The van der Waals surface area contributed by atoms with Gasteiger partial charge < -0.3 is 4.74 Å². The van der Waals surface area contributed by atoms with Gasteiger partial charge >= 0.3 is 6.09 Å². The molecule has 66 valence electrons. The summed E-state index contributed by atoms with van der Waals surface area (Å²) in [6.07, 6.45) is 2.98. The molecule has 1 heterocycles. The molecule has 0 aliphatic carbocycles. The first-order valence-corrected chi connectivity index (χ1v) is 3.85. The number of aromatic nitrogens is 1. The normalized spacial score (nSPS) is 11.2.